The van der Waals surface area contributed by atoms with Gasteiger partial charge in [0.15, 0.2) is 0 Å². The third-order valence-electron chi connectivity index (χ3n) is 3.02. The van der Waals surface area contributed by atoms with E-state index >= 15 is 0 Å². The predicted molar refractivity (Wildman–Crippen MR) is 80.7 cm³/mol. The van der Waals surface area contributed by atoms with Crippen LogP contribution in [0, 0.1) is 0 Å². The van der Waals surface area contributed by atoms with E-state index in [1.54, 1.807) is 31.8 Å². The minimum absolute atomic E-state index is 0.144. The summed E-state index contributed by atoms with van der Waals surface area (Å²) in [5.41, 5.74) is 5.63. The summed E-state index contributed by atoms with van der Waals surface area (Å²) >= 11 is 0. The Morgan fingerprint density at radius 1 is 1.45 bits per heavy atom. The molecule has 8 nitrogen and oxygen atoms in total. The van der Waals surface area contributed by atoms with Crippen molar-refractivity contribution in [1.82, 2.24) is 19.8 Å². The molecule has 0 fully saturated rings. The Hall–Kier alpha value is -2.64. The molecule has 0 aliphatic heterocycles. The molecule has 1 rings (SSSR count). The molecule has 8 heteroatoms. The fourth-order valence-electron chi connectivity index (χ4n) is 1.69. The van der Waals surface area contributed by atoms with Gasteiger partial charge in [-0.25, -0.2) is 4.98 Å². The van der Waals surface area contributed by atoms with Gasteiger partial charge in [0.1, 0.15) is 11.7 Å². The lowest BCUT2D eigenvalue weighted by Gasteiger charge is -2.14. The maximum atomic E-state index is 12.0. The number of carbonyl (C=O) groups is 3. The molecule has 1 atom stereocenters. The lowest BCUT2D eigenvalue weighted by molar-refractivity contribution is -0.123. The second-order valence-corrected chi connectivity index (χ2v) is 5.03. The van der Waals surface area contributed by atoms with Gasteiger partial charge in [-0.15, -0.1) is 0 Å². The Morgan fingerprint density at radius 3 is 2.64 bits per heavy atom. The molecule has 1 heterocycles. The van der Waals surface area contributed by atoms with Gasteiger partial charge >= 0.3 is 0 Å². The number of nitrogens with two attached hydrogens (primary N) is 1. The second kappa shape index (κ2) is 7.96. The van der Waals surface area contributed by atoms with Gasteiger partial charge < -0.3 is 20.5 Å². The number of rotatable bonds is 7. The fourth-order valence-corrected chi connectivity index (χ4v) is 1.69. The normalized spacial score (nSPS) is 12.1. The van der Waals surface area contributed by atoms with Crippen LogP contribution >= 0.6 is 0 Å². The van der Waals surface area contributed by atoms with Crippen molar-refractivity contribution in [2.45, 2.75) is 18.9 Å². The van der Waals surface area contributed by atoms with Gasteiger partial charge in [0.2, 0.25) is 11.8 Å². The van der Waals surface area contributed by atoms with Crippen LogP contribution in [-0.2, 0) is 16.6 Å². The number of hydrogen-bond donors (Lipinski definition) is 2. The maximum absolute atomic E-state index is 12.0. The van der Waals surface area contributed by atoms with E-state index in [0.717, 1.165) is 0 Å². The molecule has 0 spiro atoms. The molecule has 1 aromatic heterocycles. The highest BCUT2D eigenvalue weighted by Gasteiger charge is 2.19. The Balaban J connectivity index is 2.56. The first-order valence-electron chi connectivity index (χ1n) is 6.77. The summed E-state index contributed by atoms with van der Waals surface area (Å²) in [6.07, 6.45) is 6.72. The lowest BCUT2D eigenvalue weighted by atomic mass is 10.1. The average Bonchev–Trinajstić information content (AvgIpc) is 2.87. The van der Waals surface area contributed by atoms with Crippen molar-refractivity contribution in [3.8, 4) is 0 Å². The van der Waals surface area contributed by atoms with Crippen molar-refractivity contribution in [3.05, 3.63) is 30.4 Å². The fraction of sp³-hybridized carbons (Fsp3) is 0.429. The molecule has 3 amide bonds. The Bertz CT molecular complexity index is 577. The van der Waals surface area contributed by atoms with E-state index in [4.69, 9.17) is 5.73 Å². The predicted octanol–water partition coefficient (Wildman–Crippen LogP) is -0.572. The zero-order valence-corrected chi connectivity index (χ0v) is 12.9. The van der Waals surface area contributed by atoms with Gasteiger partial charge in [-0.3, -0.25) is 14.4 Å². The van der Waals surface area contributed by atoms with Crippen LogP contribution in [0.3, 0.4) is 0 Å². The second-order valence-electron chi connectivity index (χ2n) is 5.03. The summed E-state index contributed by atoms with van der Waals surface area (Å²) in [6.45, 7) is 0. The van der Waals surface area contributed by atoms with E-state index in [0.29, 0.717) is 18.5 Å². The van der Waals surface area contributed by atoms with Crippen molar-refractivity contribution in [3.63, 3.8) is 0 Å². The Labute approximate surface area is 129 Å². The zero-order valence-electron chi connectivity index (χ0n) is 12.9. The van der Waals surface area contributed by atoms with Crippen LogP contribution in [0.25, 0.3) is 0 Å². The van der Waals surface area contributed by atoms with Crippen LogP contribution in [-0.4, -0.2) is 52.3 Å². The molecule has 1 unspecified atom stereocenters. The highest BCUT2D eigenvalue weighted by molar-refractivity contribution is 5.95. The average molecular weight is 307 g/mol. The summed E-state index contributed by atoms with van der Waals surface area (Å²) in [5, 5.41) is 2.57. The Morgan fingerprint density at radius 2 is 2.14 bits per heavy atom. The van der Waals surface area contributed by atoms with Crippen molar-refractivity contribution >= 4 is 17.7 Å². The van der Waals surface area contributed by atoms with E-state index in [1.165, 1.54) is 23.5 Å². The number of amides is 3. The number of primary amides is 1. The molecular formula is C14H21N5O3. The number of aryl methyl sites for hydroxylation is 1. The van der Waals surface area contributed by atoms with E-state index in [2.05, 4.69) is 10.3 Å². The zero-order chi connectivity index (χ0) is 16.7. The summed E-state index contributed by atoms with van der Waals surface area (Å²) in [5.74, 6) is -1.19. The number of allylic oxidation sites excluding steroid dienone is 1. The van der Waals surface area contributed by atoms with Crippen molar-refractivity contribution in [2.24, 2.45) is 12.8 Å². The summed E-state index contributed by atoms with van der Waals surface area (Å²) < 4.78 is 1.54. The number of likely N-dealkylation sites (N-methyl/N-ethyl adjacent to an activating group) is 1. The Kier molecular flexibility index (Phi) is 6.30. The van der Waals surface area contributed by atoms with Gasteiger partial charge in [-0.2, -0.15) is 0 Å². The van der Waals surface area contributed by atoms with E-state index in [9.17, 15) is 14.4 Å². The van der Waals surface area contributed by atoms with Gasteiger partial charge in [-0.05, 0) is 18.9 Å². The van der Waals surface area contributed by atoms with Crippen LogP contribution in [0.15, 0.2) is 24.7 Å². The summed E-state index contributed by atoms with van der Waals surface area (Å²) in [7, 11) is 4.97. The van der Waals surface area contributed by atoms with Crippen LogP contribution in [0.2, 0.25) is 0 Å². The van der Waals surface area contributed by atoms with Crippen molar-refractivity contribution < 1.29 is 14.4 Å². The smallest absolute Gasteiger partial charge is 0.270 e. The van der Waals surface area contributed by atoms with Crippen molar-refractivity contribution in [1.29, 1.82) is 0 Å². The molecule has 0 bridgehead atoms. The number of nitrogens with zero attached hydrogens (tertiary/aromatic N) is 3. The van der Waals surface area contributed by atoms with Gasteiger partial charge in [0.25, 0.3) is 5.91 Å². The molecule has 22 heavy (non-hydrogen) atoms. The third-order valence-corrected chi connectivity index (χ3v) is 3.02. The van der Waals surface area contributed by atoms with E-state index in [1.807, 2.05) is 0 Å². The molecule has 0 aliphatic carbocycles. The number of nitrogens with one attached hydrogen (secondary N) is 1. The summed E-state index contributed by atoms with van der Waals surface area (Å²) in [4.78, 5) is 40.1. The SMILES string of the molecule is CN(C)C(=O)C=CCCC(NC(=O)c1cncn1C)C(N)=O. The highest BCUT2D eigenvalue weighted by atomic mass is 16.2. The van der Waals surface area contributed by atoms with Crippen LogP contribution < -0.4 is 11.1 Å². The number of aromatic nitrogens is 2. The standard InChI is InChI=1S/C14H21N5O3/c1-18(2)12(20)7-5-4-6-10(13(15)21)17-14(22)11-8-16-9-19(11)3/h5,7-10H,4,6H2,1-3H3,(H2,15,21)(H,17,22). The number of hydrogen-bond acceptors (Lipinski definition) is 4. The van der Waals surface area contributed by atoms with Crippen LogP contribution in [0.4, 0.5) is 0 Å². The molecule has 0 radical (unpaired) electrons. The molecule has 0 aromatic carbocycles. The summed E-state index contributed by atoms with van der Waals surface area (Å²) in [6, 6.07) is -0.804. The lowest BCUT2D eigenvalue weighted by Crippen LogP contribution is -2.44. The quantitative estimate of drug-likeness (QED) is 0.657. The topological polar surface area (TPSA) is 110 Å². The molecule has 0 aliphatic rings. The maximum Gasteiger partial charge on any atom is 0.270 e. The molecular weight excluding hydrogens is 286 g/mol. The first-order valence-corrected chi connectivity index (χ1v) is 6.77. The minimum atomic E-state index is -0.804. The first-order chi connectivity index (χ1) is 10.3. The van der Waals surface area contributed by atoms with Gasteiger partial charge in [0, 0.05) is 21.1 Å². The molecule has 120 valence electrons. The van der Waals surface area contributed by atoms with Gasteiger partial charge in [0.05, 0.1) is 12.5 Å². The molecule has 1 aromatic rings. The van der Waals surface area contributed by atoms with Gasteiger partial charge in [-0.1, -0.05) is 6.08 Å². The van der Waals surface area contributed by atoms with E-state index in [-0.39, 0.29) is 5.91 Å². The van der Waals surface area contributed by atoms with Crippen LogP contribution in [0.5, 0.6) is 0 Å². The largest absolute Gasteiger partial charge is 0.368 e. The number of carbonyl (C=O) groups excluding carboxylic acids is 3. The van der Waals surface area contributed by atoms with Crippen LogP contribution in [0.1, 0.15) is 23.3 Å². The first kappa shape index (κ1) is 17.4. The third kappa shape index (κ3) is 5.04. The highest BCUT2D eigenvalue weighted by Crippen LogP contribution is 2.02. The molecule has 0 saturated carbocycles. The monoisotopic (exact) mass is 307 g/mol. The van der Waals surface area contributed by atoms with Crippen molar-refractivity contribution in [2.75, 3.05) is 14.1 Å². The molecule has 3 N–H and O–H groups in total. The number of imidazole rings is 1. The minimum Gasteiger partial charge on any atom is -0.368 e. The van der Waals surface area contributed by atoms with E-state index < -0.39 is 17.9 Å². The molecule has 0 saturated heterocycles.